The second-order valence-electron chi connectivity index (χ2n) is 5.55. The molecule has 23 heavy (non-hydrogen) atoms. The molecule has 2 amide bonds. The number of anilines is 1. The van der Waals surface area contributed by atoms with Gasteiger partial charge < -0.3 is 10.6 Å². The van der Waals surface area contributed by atoms with Crippen molar-refractivity contribution in [2.24, 2.45) is 0 Å². The fraction of sp³-hybridized carbons (Fsp3) is 0.235. The third-order valence-electron chi connectivity index (χ3n) is 3.94. The lowest BCUT2D eigenvalue weighted by molar-refractivity contribution is -0.126. The second-order valence-corrected chi connectivity index (χ2v) is 5.55. The first-order valence-corrected chi connectivity index (χ1v) is 7.34. The molecule has 118 valence electrons. The average Bonchev–Trinajstić information content (AvgIpc) is 2.54. The number of nitrogens with one attached hydrogen (secondary N) is 2. The van der Waals surface area contributed by atoms with Crippen LogP contribution in [-0.2, 0) is 9.59 Å². The lowest BCUT2D eigenvalue weighted by Crippen LogP contribution is -2.36. The highest BCUT2D eigenvalue weighted by molar-refractivity contribution is 6.01. The lowest BCUT2D eigenvalue weighted by Gasteiger charge is -2.26. The summed E-state index contributed by atoms with van der Waals surface area (Å²) in [4.78, 5) is 28.3. The van der Waals surface area contributed by atoms with Crippen LogP contribution in [0, 0.1) is 5.82 Å². The number of hydrogen-bond donors (Lipinski definition) is 2. The number of amides is 2. The number of benzene rings is 1. The summed E-state index contributed by atoms with van der Waals surface area (Å²) in [6.45, 7) is 1.86. The first-order chi connectivity index (χ1) is 11.0. The Morgan fingerprint density at radius 3 is 2.83 bits per heavy atom. The molecule has 0 aliphatic carbocycles. The van der Waals surface area contributed by atoms with Crippen LogP contribution < -0.4 is 10.6 Å². The molecular weight excluding hydrogens is 297 g/mol. The molecule has 2 heterocycles. The molecule has 1 aliphatic rings. The quantitative estimate of drug-likeness (QED) is 0.914. The van der Waals surface area contributed by atoms with E-state index in [2.05, 4.69) is 15.6 Å². The maximum absolute atomic E-state index is 13.3. The second kappa shape index (κ2) is 6.16. The number of halogens is 1. The zero-order valence-electron chi connectivity index (χ0n) is 12.5. The summed E-state index contributed by atoms with van der Waals surface area (Å²) in [7, 11) is 0. The number of carbonyl (C=O) groups is 2. The first kappa shape index (κ1) is 15.1. The van der Waals surface area contributed by atoms with Gasteiger partial charge in [0, 0.05) is 24.5 Å². The minimum absolute atomic E-state index is 0.0491. The maximum Gasteiger partial charge on any atom is 0.228 e. The minimum atomic E-state index is -0.622. The number of fused-ring (bicyclic) bond motifs is 1. The number of aromatic nitrogens is 1. The Hall–Kier alpha value is -2.76. The van der Waals surface area contributed by atoms with Crippen molar-refractivity contribution in [2.75, 3.05) is 5.32 Å². The van der Waals surface area contributed by atoms with E-state index in [-0.39, 0.29) is 24.3 Å². The van der Waals surface area contributed by atoms with Gasteiger partial charge in [-0.2, -0.15) is 0 Å². The van der Waals surface area contributed by atoms with Crippen LogP contribution in [0.1, 0.15) is 36.4 Å². The van der Waals surface area contributed by atoms with Crippen molar-refractivity contribution >= 4 is 17.5 Å². The van der Waals surface area contributed by atoms with Crippen LogP contribution in [0.15, 0.2) is 42.7 Å². The van der Waals surface area contributed by atoms with Crippen molar-refractivity contribution in [3.05, 3.63) is 59.7 Å². The van der Waals surface area contributed by atoms with Crippen LogP contribution in [0.4, 0.5) is 10.1 Å². The Morgan fingerprint density at radius 1 is 1.35 bits per heavy atom. The Kier molecular flexibility index (Phi) is 4.06. The maximum atomic E-state index is 13.3. The highest BCUT2D eigenvalue weighted by Crippen LogP contribution is 2.33. The van der Waals surface area contributed by atoms with E-state index in [0.717, 1.165) is 5.56 Å². The van der Waals surface area contributed by atoms with Crippen LogP contribution in [-0.4, -0.2) is 16.8 Å². The molecule has 2 atom stereocenters. The third kappa shape index (κ3) is 3.21. The molecule has 2 N–H and O–H groups in total. The Labute approximate surface area is 132 Å². The zero-order valence-corrected chi connectivity index (χ0v) is 12.5. The Balaban J connectivity index is 1.81. The van der Waals surface area contributed by atoms with E-state index < -0.39 is 11.7 Å². The molecule has 0 unspecified atom stereocenters. The molecule has 0 fully saturated rings. The standard InChI is InChI=1S/C17H16FN3O2/c1-10(11-4-6-19-7-5-11)20-17(23)14-9-16(22)21-15-8-12(18)2-3-13(14)15/h2-8,10,14H,9H2,1H3,(H,20,23)(H,21,22)/t10-,14-/m0/s1. The van der Waals surface area contributed by atoms with Gasteiger partial charge in [-0.25, -0.2) is 4.39 Å². The van der Waals surface area contributed by atoms with E-state index in [1.54, 1.807) is 18.5 Å². The van der Waals surface area contributed by atoms with E-state index in [1.807, 2.05) is 19.1 Å². The molecule has 0 radical (unpaired) electrons. The molecule has 3 rings (SSSR count). The van der Waals surface area contributed by atoms with Gasteiger partial charge in [-0.1, -0.05) is 6.07 Å². The molecule has 0 saturated heterocycles. The molecule has 1 aromatic carbocycles. The summed E-state index contributed by atoms with van der Waals surface area (Å²) in [6.07, 6.45) is 3.36. The summed E-state index contributed by atoms with van der Waals surface area (Å²) >= 11 is 0. The molecule has 1 aromatic heterocycles. The fourth-order valence-corrected chi connectivity index (χ4v) is 2.72. The van der Waals surface area contributed by atoms with Crippen molar-refractivity contribution in [1.82, 2.24) is 10.3 Å². The summed E-state index contributed by atoms with van der Waals surface area (Å²) < 4.78 is 13.3. The van der Waals surface area contributed by atoms with Gasteiger partial charge >= 0.3 is 0 Å². The van der Waals surface area contributed by atoms with Gasteiger partial charge in [0.2, 0.25) is 11.8 Å². The Bertz CT molecular complexity index is 749. The lowest BCUT2D eigenvalue weighted by atomic mass is 9.89. The number of rotatable bonds is 3. The highest BCUT2D eigenvalue weighted by Gasteiger charge is 2.31. The van der Waals surface area contributed by atoms with E-state index >= 15 is 0 Å². The van der Waals surface area contributed by atoms with Gasteiger partial charge in [0.15, 0.2) is 0 Å². The van der Waals surface area contributed by atoms with E-state index in [4.69, 9.17) is 0 Å². The number of hydrogen-bond acceptors (Lipinski definition) is 3. The van der Waals surface area contributed by atoms with Crippen molar-refractivity contribution in [2.45, 2.75) is 25.3 Å². The summed E-state index contributed by atoms with van der Waals surface area (Å²) in [5.74, 6) is -1.62. The number of nitrogens with zero attached hydrogens (tertiary/aromatic N) is 1. The first-order valence-electron chi connectivity index (χ1n) is 7.34. The predicted molar refractivity (Wildman–Crippen MR) is 83.2 cm³/mol. The van der Waals surface area contributed by atoms with E-state index in [9.17, 15) is 14.0 Å². The molecule has 2 aromatic rings. The van der Waals surface area contributed by atoms with Crippen LogP contribution in [0.2, 0.25) is 0 Å². The van der Waals surface area contributed by atoms with Gasteiger partial charge in [-0.05, 0) is 42.3 Å². The zero-order chi connectivity index (χ0) is 16.4. The normalized spacial score (nSPS) is 17.8. The van der Waals surface area contributed by atoms with Crippen LogP contribution in [0.3, 0.4) is 0 Å². The summed E-state index contributed by atoms with van der Waals surface area (Å²) in [6, 6.07) is 7.51. The van der Waals surface area contributed by atoms with E-state index in [1.165, 1.54) is 12.1 Å². The van der Waals surface area contributed by atoms with Gasteiger partial charge in [0.1, 0.15) is 5.82 Å². The summed E-state index contributed by atoms with van der Waals surface area (Å²) in [5.41, 5.74) is 1.91. The van der Waals surface area contributed by atoms with Gasteiger partial charge in [0.05, 0.1) is 12.0 Å². The molecular formula is C17H16FN3O2. The molecule has 0 bridgehead atoms. The van der Waals surface area contributed by atoms with Crippen LogP contribution in [0.25, 0.3) is 0 Å². The van der Waals surface area contributed by atoms with Gasteiger partial charge in [0.25, 0.3) is 0 Å². The minimum Gasteiger partial charge on any atom is -0.349 e. The molecule has 0 spiro atoms. The van der Waals surface area contributed by atoms with Crippen molar-refractivity contribution in [1.29, 1.82) is 0 Å². The van der Waals surface area contributed by atoms with Crippen molar-refractivity contribution in [3.8, 4) is 0 Å². The molecule has 5 nitrogen and oxygen atoms in total. The fourth-order valence-electron chi connectivity index (χ4n) is 2.72. The topological polar surface area (TPSA) is 71.1 Å². The van der Waals surface area contributed by atoms with Crippen molar-refractivity contribution < 1.29 is 14.0 Å². The molecule has 1 aliphatic heterocycles. The van der Waals surface area contributed by atoms with E-state index in [0.29, 0.717) is 11.3 Å². The smallest absolute Gasteiger partial charge is 0.228 e. The van der Waals surface area contributed by atoms with Crippen molar-refractivity contribution in [3.63, 3.8) is 0 Å². The van der Waals surface area contributed by atoms with Crippen LogP contribution >= 0.6 is 0 Å². The van der Waals surface area contributed by atoms with Crippen LogP contribution in [0.5, 0.6) is 0 Å². The van der Waals surface area contributed by atoms with Gasteiger partial charge in [-0.15, -0.1) is 0 Å². The largest absolute Gasteiger partial charge is 0.349 e. The predicted octanol–water partition coefficient (Wildman–Crippen LogP) is 2.52. The third-order valence-corrected chi connectivity index (χ3v) is 3.94. The average molecular weight is 313 g/mol. The monoisotopic (exact) mass is 313 g/mol. The number of carbonyl (C=O) groups excluding carboxylic acids is 2. The molecule has 6 heteroatoms. The Morgan fingerprint density at radius 2 is 2.09 bits per heavy atom. The highest BCUT2D eigenvalue weighted by atomic mass is 19.1. The number of pyridine rings is 1. The van der Waals surface area contributed by atoms with Gasteiger partial charge in [-0.3, -0.25) is 14.6 Å². The summed E-state index contributed by atoms with van der Waals surface area (Å²) in [5, 5.41) is 5.50. The SMILES string of the molecule is C[C@H](NC(=O)[C@H]1CC(=O)Nc2cc(F)ccc21)c1ccncc1. The molecule has 0 saturated carbocycles.